The van der Waals surface area contributed by atoms with Crippen LogP contribution in [0.2, 0.25) is 0 Å². The molecule has 0 aromatic heterocycles. The van der Waals surface area contributed by atoms with Crippen LogP contribution in [0.15, 0.2) is 30.3 Å². The normalized spacial score (nSPS) is 13.2. The van der Waals surface area contributed by atoms with Crippen LogP contribution in [0, 0.1) is 0 Å². The molecule has 0 aliphatic rings. The van der Waals surface area contributed by atoms with Crippen molar-refractivity contribution in [3.05, 3.63) is 35.9 Å². The summed E-state index contributed by atoms with van der Waals surface area (Å²) in [7, 11) is 2.05. The molecule has 0 amide bonds. The first kappa shape index (κ1) is 15.2. The Morgan fingerprint density at radius 3 is 2.28 bits per heavy atom. The van der Waals surface area contributed by atoms with Crippen molar-refractivity contribution in [2.24, 2.45) is 0 Å². The molecule has 0 heterocycles. The molecular weight excluding hydrogens is 220 g/mol. The van der Waals surface area contributed by atoms with Crippen LogP contribution in [0.5, 0.6) is 0 Å². The zero-order chi connectivity index (χ0) is 13.4. The van der Waals surface area contributed by atoms with Crippen LogP contribution in [0.1, 0.15) is 45.2 Å². The van der Waals surface area contributed by atoms with E-state index < -0.39 is 0 Å². The molecule has 18 heavy (non-hydrogen) atoms. The minimum Gasteiger partial charge on any atom is -0.313 e. The van der Waals surface area contributed by atoms with Crippen molar-refractivity contribution in [3.63, 3.8) is 0 Å². The van der Waals surface area contributed by atoms with Crippen molar-refractivity contribution in [1.82, 2.24) is 10.2 Å². The third-order valence-electron chi connectivity index (χ3n) is 3.50. The topological polar surface area (TPSA) is 15.3 Å². The van der Waals surface area contributed by atoms with Gasteiger partial charge in [0.25, 0.3) is 0 Å². The van der Waals surface area contributed by atoms with E-state index in [0.29, 0.717) is 12.1 Å². The largest absolute Gasteiger partial charge is 0.313 e. The maximum atomic E-state index is 3.43. The highest BCUT2D eigenvalue weighted by Crippen LogP contribution is 2.17. The molecule has 0 bridgehead atoms. The molecule has 1 aromatic carbocycles. The Morgan fingerprint density at radius 1 is 1.11 bits per heavy atom. The fourth-order valence-corrected chi connectivity index (χ4v) is 2.37. The van der Waals surface area contributed by atoms with Crippen LogP contribution in [0.3, 0.4) is 0 Å². The van der Waals surface area contributed by atoms with Gasteiger partial charge in [-0.05, 0) is 45.8 Å². The molecule has 1 atom stereocenters. The first-order valence-electron chi connectivity index (χ1n) is 7.15. The van der Waals surface area contributed by atoms with Gasteiger partial charge in [-0.1, -0.05) is 37.3 Å². The van der Waals surface area contributed by atoms with E-state index >= 15 is 0 Å². The van der Waals surface area contributed by atoms with Gasteiger partial charge in [0.15, 0.2) is 0 Å². The summed E-state index contributed by atoms with van der Waals surface area (Å²) in [5, 5.41) is 3.43. The van der Waals surface area contributed by atoms with Gasteiger partial charge >= 0.3 is 0 Å². The molecule has 0 spiro atoms. The van der Waals surface area contributed by atoms with Gasteiger partial charge < -0.3 is 10.2 Å². The molecule has 2 nitrogen and oxygen atoms in total. The predicted molar refractivity (Wildman–Crippen MR) is 79.9 cm³/mol. The molecule has 0 radical (unpaired) electrons. The summed E-state index contributed by atoms with van der Waals surface area (Å²) < 4.78 is 0. The molecule has 0 aliphatic heterocycles. The molecule has 0 aliphatic carbocycles. The van der Waals surface area contributed by atoms with Crippen molar-refractivity contribution in [2.75, 3.05) is 20.1 Å². The zero-order valence-corrected chi connectivity index (χ0v) is 12.3. The van der Waals surface area contributed by atoms with E-state index in [4.69, 9.17) is 0 Å². The number of rotatable bonds is 8. The van der Waals surface area contributed by atoms with E-state index in [1.165, 1.54) is 24.9 Å². The van der Waals surface area contributed by atoms with Gasteiger partial charge in [0, 0.05) is 18.6 Å². The van der Waals surface area contributed by atoms with Crippen LogP contribution in [0.4, 0.5) is 0 Å². The number of hydrogen-bond donors (Lipinski definition) is 1. The van der Waals surface area contributed by atoms with Crippen LogP contribution in [0.25, 0.3) is 0 Å². The Hall–Kier alpha value is -0.860. The lowest BCUT2D eigenvalue weighted by molar-refractivity contribution is 0.211. The summed E-state index contributed by atoms with van der Waals surface area (Å²) >= 11 is 0. The van der Waals surface area contributed by atoms with Crippen LogP contribution >= 0.6 is 0 Å². The fraction of sp³-hybridized carbons (Fsp3) is 0.625. The average molecular weight is 248 g/mol. The Balaban J connectivity index is 2.53. The van der Waals surface area contributed by atoms with E-state index in [0.717, 1.165) is 6.54 Å². The highest BCUT2D eigenvalue weighted by molar-refractivity contribution is 5.18. The Bertz CT molecular complexity index is 308. The second-order valence-corrected chi connectivity index (χ2v) is 5.17. The Labute approximate surface area is 112 Å². The summed E-state index contributed by atoms with van der Waals surface area (Å²) in [5.41, 5.74) is 1.39. The maximum Gasteiger partial charge on any atom is 0.0329 e. The molecule has 1 unspecified atom stereocenters. The second-order valence-electron chi connectivity index (χ2n) is 5.17. The van der Waals surface area contributed by atoms with Gasteiger partial charge in [-0.2, -0.15) is 0 Å². The molecule has 0 fully saturated rings. The molecule has 1 rings (SSSR count). The lowest BCUT2D eigenvalue weighted by Crippen LogP contribution is -2.34. The van der Waals surface area contributed by atoms with Gasteiger partial charge in [-0.15, -0.1) is 0 Å². The first-order chi connectivity index (χ1) is 8.69. The SMILES string of the molecule is CCCN(CCC(NC)c1ccccc1)C(C)C. The van der Waals surface area contributed by atoms with E-state index in [1.807, 2.05) is 0 Å². The van der Waals surface area contributed by atoms with Gasteiger partial charge in [-0.3, -0.25) is 0 Å². The number of hydrogen-bond acceptors (Lipinski definition) is 2. The van der Waals surface area contributed by atoms with E-state index in [9.17, 15) is 0 Å². The van der Waals surface area contributed by atoms with Crippen LogP contribution in [-0.2, 0) is 0 Å². The Kier molecular flexibility index (Phi) is 6.99. The zero-order valence-electron chi connectivity index (χ0n) is 12.3. The Morgan fingerprint density at radius 2 is 1.78 bits per heavy atom. The molecule has 1 aromatic rings. The number of benzene rings is 1. The lowest BCUT2D eigenvalue weighted by atomic mass is 10.0. The smallest absolute Gasteiger partial charge is 0.0329 e. The molecule has 0 saturated heterocycles. The van der Waals surface area contributed by atoms with Crippen LogP contribution < -0.4 is 5.32 Å². The van der Waals surface area contributed by atoms with Crippen molar-refractivity contribution in [2.45, 2.75) is 45.7 Å². The van der Waals surface area contributed by atoms with Gasteiger partial charge in [0.1, 0.15) is 0 Å². The highest BCUT2D eigenvalue weighted by atomic mass is 15.1. The van der Waals surface area contributed by atoms with E-state index in [2.05, 4.69) is 68.4 Å². The minimum absolute atomic E-state index is 0.462. The van der Waals surface area contributed by atoms with Crippen molar-refractivity contribution >= 4 is 0 Å². The minimum atomic E-state index is 0.462. The summed E-state index contributed by atoms with van der Waals surface area (Å²) in [6.07, 6.45) is 2.40. The van der Waals surface area contributed by atoms with Crippen molar-refractivity contribution in [3.8, 4) is 0 Å². The number of nitrogens with one attached hydrogen (secondary N) is 1. The van der Waals surface area contributed by atoms with E-state index in [-0.39, 0.29) is 0 Å². The van der Waals surface area contributed by atoms with Crippen molar-refractivity contribution < 1.29 is 0 Å². The van der Waals surface area contributed by atoms with E-state index in [1.54, 1.807) is 0 Å². The molecule has 1 N–H and O–H groups in total. The van der Waals surface area contributed by atoms with Gasteiger partial charge in [0.05, 0.1) is 0 Å². The summed E-state index contributed by atoms with van der Waals surface area (Å²) in [6.45, 7) is 9.18. The number of nitrogens with zero attached hydrogens (tertiary/aromatic N) is 1. The third-order valence-corrected chi connectivity index (χ3v) is 3.50. The predicted octanol–water partition coefficient (Wildman–Crippen LogP) is 3.46. The molecular formula is C16H28N2. The standard InChI is InChI=1S/C16H28N2/c1-5-12-18(14(2)3)13-11-16(17-4)15-9-7-6-8-10-15/h6-10,14,16-17H,5,11-13H2,1-4H3. The summed E-state index contributed by atoms with van der Waals surface area (Å²) in [5.74, 6) is 0. The average Bonchev–Trinajstić information content (AvgIpc) is 2.39. The van der Waals surface area contributed by atoms with Crippen LogP contribution in [-0.4, -0.2) is 31.1 Å². The van der Waals surface area contributed by atoms with Gasteiger partial charge in [0.2, 0.25) is 0 Å². The fourth-order valence-electron chi connectivity index (χ4n) is 2.37. The summed E-state index contributed by atoms with van der Waals surface area (Å²) in [4.78, 5) is 2.56. The maximum absolute atomic E-state index is 3.43. The highest BCUT2D eigenvalue weighted by Gasteiger charge is 2.13. The first-order valence-corrected chi connectivity index (χ1v) is 7.15. The summed E-state index contributed by atoms with van der Waals surface area (Å²) in [6, 6.07) is 11.8. The monoisotopic (exact) mass is 248 g/mol. The molecule has 0 saturated carbocycles. The second kappa shape index (κ2) is 8.28. The third kappa shape index (κ3) is 4.79. The van der Waals surface area contributed by atoms with Gasteiger partial charge in [-0.25, -0.2) is 0 Å². The quantitative estimate of drug-likeness (QED) is 0.758. The van der Waals surface area contributed by atoms with Crippen molar-refractivity contribution in [1.29, 1.82) is 0 Å². The lowest BCUT2D eigenvalue weighted by Gasteiger charge is -2.28. The molecule has 2 heteroatoms. The molecule has 102 valence electrons.